The third-order valence-corrected chi connectivity index (χ3v) is 7.83. The Morgan fingerprint density at radius 2 is 1.97 bits per heavy atom. The first-order valence-electron chi connectivity index (χ1n) is 12.2. The summed E-state index contributed by atoms with van der Waals surface area (Å²) in [5, 5.41) is 5.90. The summed E-state index contributed by atoms with van der Waals surface area (Å²) in [5.41, 5.74) is 4.97. The Hall–Kier alpha value is -2.39. The lowest BCUT2D eigenvalue weighted by atomic mass is 10.1. The number of hydrogen-bond donors (Lipinski definition) is 2. The molecule has 7 nitrogen and oxygen atoms in total. The van der Waals surface area contributed by atoms with E-state index in [-0.39, 0.29) is 17.7 Å². The quantitative estimate of drug-likeness (QED) is 0.471. The molecule has 1 aromatic heterocycles. The smallest absolute Gasteiger partial charge is 0.246 e. The van der Waals surface area contributed by atoms with Crippen molar-refractivity contribution in [1.29, 1.82) is 0 Å². The van der Waals surface area contributed by atoms with E-state index in [0.717, 1.165) is 34.5 Å². The van der Waals surface area contributed by atoms with Crippen LogP contribution < -0.4 is 10.6 Å². The van der Waals surface area contributed by atoms with Gasteiger partial charge in [0.25, 0.3) is 0 Å². The Balaban J connectivity index is 1.57. The zero-order valence-corrected chi connectivity index (χ0v) is 22.6. The van der Waals surface area contributed by atoms with E-state index < -0.39 is 12.1 Å². The number of aromatic nitrogens is 1. The summed E-state index contributed by atoms with van der Waals surface area (Å²) in [6.45, 7) is 7.07. The lowest BCUT2D eigenvalue weighted by Crippen LogP contribution is -2.54. The molecule has 2 unspecified atom stereocenters. The largest absolute Gasteiger partial charge is 0.350 e. The second-order valence-electron chi connectivity index (χ2n) is 9.38. The SMILES string of the molecule is CSCC(NC(=O)CCC(C)C)C(=O)N1CCCC1C(=O)NCc1ccc(-c2scnc2C)cc1. The van der Waals surface area contributed by atoms with E-state index in [0.29, 0.717) is 37.6 Å². The van der Waals surface area contributed by atoms with E-state index in [2.05, 4.69) is 29.5 Å². The van der Waals surface area contributed by atoms with Crippen LogP contribution in [0.15, 0.2) is 29.8 Å². The number of hydrogen-bond acceptors (Lipinski definition) is 6. The number of amides is 3. The summed E-state index contributed by atoms with van der Waals surface area (Å²) in [5.74, 6) is 0.493. The number of aryl methyl sites for hydroxylation is 1. The van der Waals surface area contributed by atoms with Gasteiger partial charge < -0.3 is 15.5 Å². The Morgan fingerprint density at radius 3 is 2.60 bits per heavy atom. The van der Waals surface area contributed by atoms with Crippen molar-refractivity contribution in [3.05, 3.63) is 41.0 Å². The number of likely N-dealkylation sites (tertiary alicyclic amines) is 1. The minimum atomic E-state index is -0.610. The first-order chi connectivity index (χ1) is 16.8. The summed E-state index contributed by atoms with van der Waals surface area (Å²) >= 11 is 3.13. The van der Waals surface area contributed by atoms with Gasteiger partial charge in [-0.2, -0.15) is 11.8 Å². The van der Waals surface area contributed by atoms with Crippen molar-refractivity contribution in [3.8, 4) is 10.4 Å². The molecule has 35 heavy (non-hydrogen) atoms. The summed E-state index contributed by atoms with van der Waals surface area (Å²) in [4.78, 5) is 45.8. The first-order valence-corrected chi connectivity index (χ1v) is 14.4. The van der Waals surface area contributed by atoms with Crippen LogP contribution in [-0.2, 0) is 20.9 Å². The average molecular weight is 517 g/mol. The van der Waals surface area contributed by atoms with Gasteiger partial charge in [-0.1, -0.05) is 38.1 Å². The van der Waals surface area contributed by atoms with Crippen LogP contribution in [0, 0.1) is 12.8 Å². The topological polar surface area (TPSA) is 91.4 Å². The molecule has 1 aromatic carbocycles. The lowest BCUT2D eigenvalue weighted by molar-refractivity contribution is -0.141. The minimum Gasteiger partial charge on any atom is -0.350 e. The summed E-state index contributed by atoms with van der Waals surface area (Å²) in [7, 11) is 0. The number of carbonyl (C=O) groups excluding carboxylic acids is 3. The van der Waals surface area contributed by atoms with Crippen LogP contribution in [0.4, 0.5) is 0 Å². The van der Waals surface area contributed by atoms with Crippen LogP contribution >= 0.6 is 23.1 Å². The summed E-state index contributed by atoms with van der Waals surface area (Å²) in [6.07, 6.45) is 4.51. The predicted octanol–water partition coefficient (Wildman–Crippen LogP) is 4.01. The third kappa shape index (κ3) is 7.54. The molecule has 9 heteroatoms. The van der Waals surface area contributed by atoms with Crippen molar-refractivity contribution >= 4 is 40.8 Å². The highest BCUT2D eigenvalue weighted by Gasteiger charge is 2.37. The molecule has 0 radical (unpaired) electrons. The second-order valence-corrected chi connectivity index (χ2v) is 11.1. The van der Waals surface area contributed by atoms with Crippen LogP contribution in [0.5, 0.6) is 0 Å². The van der Waals surface area contributed by atoms with Gasteiger partial charge in [-0.05, 0) is 49.5 Å². The molecule has 2 atom stereocenters. The number of carbonyl (C=O) groups is 3. The molecular weight excluding hydrogens is 480 g/mol. The number of rotatable bonds is 11. The number of thiazole rings is 1. The highest BCUT2D eigenvalue weighted by molar-refractivity contribution is 7.98. The molecule has 2 aromatic rings. The molecular formula is C26H36N4O3S2. The monoisotopic (exact) mass is 516 g/mol. The van der Waals surface area contributed by atoms with Crippen molar-refractivity contribution in [2.75, 3.05) is 18.6 Å². The molecule has 0 bridgehead atoms. The fourth-order valence-electron chi connectivity index (χ4n) is 4.19. The zero-order valence-electron chi connectivity index (χ0n) is 21.0. The van der Waals surface area contributed by atoms with Crippen LogP contribution in [0.2, 0.25) is 0 Å². The van der Waals surface area contributed by atoms with E-state index in [1.807, 2.05) is 43.0 Å². The molecule has 0 aliphatic carbocycles. The number of benzene rings is 1. The number of nitrogens with one attached hydrogen (secondary N) is 2. The molecule has 2 heterocycles. The molecule has 1 fully saturated rings. The van der Waals surface area contributed by atoms with Gasteiger partial charge in [0.05, 0.1) is 16.1 Å². The van der Waals surface area contributed by atoms with Crippen LogP contribution in [-0.4, -0.2) is 58.2 Å². The van der Waals surface area contributed by atoms with Gasteiger partial charge in [0.2, 0.25) is 17.7 Å². The Labute approximate surface area is 216 Å². The van der Waals surface area contributed by atoms with Crippen LogP contribution in [0.1, 0.15) is 50.8 Å². The molecule has 2 N–H and O–H groups in total. The van der Waals surface area contributed by atoms with Gasteiger partial charge in [0, 0.05) is 25.3 Å². The van der Waals surface area contributed by atoms with Crippen molar-refractivity contribution in [3.63, 3.8) is 0 Å². The van der Waals surface area contributed by atoms with Crippen molar-refractivity contribution in [2.45, 2.75) is 65.1 Å². The Morgan fingerprint density at radius 1 is 1.23 bits per heavy atom. The maximum absolute atomic E-state index is 13.3. The molecule has 0 saturated carbocycles. The maximum atomic E-state index is 13.3. The van der Waals surface area contributed by atoms with Crippen LogP contribution in [0.3, 0.4) is 0 Å². The molecule has 1 aliphatic heterocycles. The maximum Gasteiger partial charge on any atom is 0.246 e. The van der Waals surface area contributed by atoms with Gasteiger partial charge in [-0.3, -0.25) is 14.4 Å². The third-order valence-electron chi connectivity index (χ3n) is 6.18. The lowest BCUT2D eigenvalue weighted by Gasteiger charge is -2.28. The number of nitrogens with zero attached hydrogens (tertiary/aromatic N) is 2. The summed E-state index contributed by atoms with van der Waals surface area (Å²) in [6, 6.07) is 6.99. The molecule has 3 rings (SSSR count). The van der Waals surface area contributed by atoms with Gasteiger partial charge in [-0.15, -0.1) is 11.3 Å². The highest BCUT2D eigenvalue weighted by Crippen LogP contribution is 2.27. The zero-order chi connectivity index (χ0) is 25.4. The van der Waals surface area contributed by atoms with E-state index in [1.54, 1.807) is 16.2 Å². The molecule has 3 amide bonds. The van der Waals surface area contributed by atoms with Gasteiger partial charge in [0.15, 0.2) is 0 Å². The van der Waals surface area contributed by atoms with Crippen molar-refractivity contribution < 1.29 is 14.4 Å². The van der Waals surface area contributed by atoms with Crippen LogP contribution in [0.25, 0.3) is 10.4 Å². The van der Waals surface area contributed by atoms with Gasteiger partial charge >= 0.3 is 0 Å². The van der Waals surface area contributed by atoms with Gasteiger partial charge in [-0.25, -0.2) is 4.98 Å². The fourth-order valence-corrected chi connectivity index (χ4v) is 5.56. The average Bonchev–Trinajstić information content (AvgIpc) is 3.50. The standard InChI is InChI=1S/C26H36N4O3S2/c1-17(2)7-12-23(31)29-21(15-34-4)26(33)30-13-5-6-22(30)25(32)27-14-19-8-10-20(11-9-19)24-18(3)28-16-35-24/h8-11,16-17,21-22H,5-7,12-15H2,1-4H3,(H,27,32)(H,29,31). The van der Waals surface area contributed by atoms with Crippen molar-refractivity contribution in [1.82, 2.24) is 20.5 Å². The van der Waals surface area contributed by atoms with E-state index >= 15 is 0 Å². The highest BCUT2D eigenvalue weighted by atomic mass is 32.2. The Kier molecular flexibility index (Phi) is 10.2. The Bertz CT molecular complexity index is 1010. The minimum absolute atomic E-state index is 0.108. The number of thioether (sulfide) groups is 1. The van der Waals surface area contributed by atoms with Crippen molar-refractivity contribution in [2.24, 2.45) is 5.92 Å². The summed E-state index contributed by atoms with van der Waals surface area (Å²) < 4.78 is 0. The first kappa shape index (κ1) is 27.2. The molecule has 1 aliphatic rings. The fraction of sp³-hybridized carbons (Fsp3) is 0.538. The predicted molar refractivity (Wildman–Crippen MR) is 143 cm³/mol. The molecule has 1 saturated heterocycles. The van der Waals surface area contributed by atoms with Gasteiger partial charge in [0.1, 0.15) is 12.1 Å². The second kappa shape index (κ2) is 13.1. The van der Waals surface area contributed by atoms with E-state index in [4.69, 9.17) is 0 Å². The van der Waals surface area contributed by atoms with E-state index in [1.165, 1.54) is 11.8 Å². The normalized spacial score (nSPS) is 16.4. The van der Waals surface area contributed by atoms with E-state index in [9.17, 15) is 14.4 Å². The molecule has 190 valence electrons. The molecule has 0 spiro atoms.